The van der Waals surface area contributed by atoms with Crippen LogP contribution in [0.1, 0.15) is 46.5 Å². The Morgan fingerprint density at radius 2 is 2.00 bits per heavy atom. The van der Waals surface area contributed by atoms with E-state index in [0.29, 0.717) is 0 Å². The highest BCUT2D eigenvalue weighted by Gasteiger charge is 2.15. The van der Waals surface area contributed by atoms with Gasteiger partial charge in [-0.25, -0.2) is 0 Å². The molecule has 0 saturated carbocycles. The molecule has 0 aliphatic carbocycles. The van der Waals surface area contributed by atoms with Crippen LogP contribution in [-0.2, 0) is 4.74 Å². The van der Waals surface area contributed by atoms with Gasteiger partial charge in [-0.1, -0.05) is 26.2 Å². The van der Waals surface area contributed by atoms with Crippen molar-refractivity contribution in [1.29, 1.82) is 0 Å². The molecular formula is C11H23ClMgO. The molecule has 0 rings (SSSR count). The number of hydrogen-bond donors (Lipinski definition) is 0. The van der Waals surface area contributed by atoms with Crippen LogP contribution in [-0.4, -0.2) is 32.0 Å². The summed E-state index contributed by atoms with van der Waals surface area (Å²) in [4.78, 5) is 0. The number of ether oxygens (including phenoxy) is 1. The summed E-state index contributed by atoms with van der Waals surface area (Å²) in [6.07, 6.45) is 5.07. The van der Waals surface area contributed by atoms with Crippen molar-refractivity contribution in [2.24, 2.45) is 5.92 Å². The average molecular weight is 231 g/mol. The molecule has 0 N–H and O–H groups in total. The van der Waals surface area contributed by atoms with E-state index in [-0.39, 0.29) is 24.9 Å². The van der Waals surface area contributed by atoms with Gasteiger partial charge in [0, 0.05) is 7.11 Å². The summed E-state index contributed by atoms with van der Waals surface area (Å²) in [6, 6.07) is 0. The lowest BCUT2D eigenvalue weighted by molar-refractivity contribution is 0.0127. The first-order valence-electron chi connectivity index (χ1n) is 5.63. The fourth-order valence-electron chi connectivity index (χ4n) is 1.55. The van der Waals surface area contributed by atoms with Gasteiger partial charge in [-0.15, -0.1) is 4.55 Å². The van der Waals surface area contributed by atoms with Crippen LogP contribution >= 0.6 is 9.07 Å². The van der Waals surface area contributed by atoms with E-state index in [9.17, 15) is 0 Å². The molecular weight excluding hydrogens is 208 g/mol. The zero-order valence-corrected chi connectivity index (χ0v) is 12.3. The van der Waals surface area contributed by atoms with Crippen molar-refractivity contribution in [3.63, 3.8) is 0 Å². The first-order chi connectivity index (χ1) is 6.52. The topological polar surface area (TPSA) is 9.23 Å². The first-order valence-corrected chi connectivity index (χ1v) is 8.77. The molecule has 3 heteroatoms. The van der Waals surface area contributed by atoms with Gasteiger partial charge in [0.05, 0.1) is 5.60 Å². The molecule has 0 aromatic rings. The molecule has 82 valence electrons. The Morgan fingerprint density at radius 3 is 2.50 bits per heavy atom. The van der Waals surface area contributed by atoms with Crippen molar-refractivity contribution in [2.75, 3.05) is 7.11 Å². The zero-order chi connectivity index (χ0) is 11.0. The van der Waals surface area contributed by atoms with Crippen LogP contribution in [0.25, 0.3) is 0 Å². The quantitative estimate of drug-likeness (QED) is 0.576. The van der Waals surface area contributed by atoms with Gasteiger partial charge in [0.25, 0.3) is 0 Å². The largest absolute Gasteiger partial charge is 0.501 e. The summed E-state index contributed by atoms with van der Waals surface area (Å²) in [5, 5.41) is 0. The monoisotopic (exact) mass is 230 g/mol. The van der Waals surface area contributed by atoms with Gasteiger partial charge in [0.15, 0.2) is 0 Å². The smallest absolute Gasteiger partial charge is 0.379 e. The third-order valence-corrected chi connectivity index (χ3v) is 4.34. The minimum absolute atomic E-state index is 0.0565. The van der Waals surface area contributed by atoms with Gasteiger partial charge in [-0.2, -0.15) is 0 Å². The molecule has 1 unspecified atom stereocenters. The average Bonchev–Trinajstić information content (AvgIpc) is 2.14. The van der Waals surface area contributed by atoms with Gasteiger partial charge in [-0.3, -0.25) is 0 Å². The Balaban J connectivity index is 3.43. The molecule has 0 bridgehead atoms. The minimum Gasteiger partial charge on any atom is -0.379 e. The van der Waals surface area contributed by atoms with E-state index in [1.807, 2.05) is 0 Å². The van der Waals surface area contributed by atoms with E-state index >= 15 is 0 Å². The summed E-state index contributed by atoms with van der Waals surface area (Å²) in [5.74, 6) is 0.842. The molecule has 0 heterocycles. The second-order valence-electron chi connectivity index (χ2n) is 4.79. The number of halogens is 1. The highest BCUT2D eigenvalue weighted by atomic mass is 35.5. The third kappa shape index (κ3) is 8.33. The van der Waals surface area contributed by atoms with Gasteiger partial charge in [0.1, 0.15) is 0 Å². The fraction of sp³-hybridized carbons (Fsp3) is 1.00. The molecule has 0 aliphatic heterocycles. The summed E-state index contributed by atoms with van der Waals surface area (Å²) in [6.45, 7) is 6.65. The van der Waals surface area contributed by atoms with Crippen LogP contribution in [0.3, 0.4) is 0 Å². The normalized spacial score (nSPS) is 13.8. The van der Waals surface area contributed by atoms with E-state index in [1.54, 1.807) is 7.11 Å². The van der Waals surface area contributed by atoms with E-state index in [1.165, 1.54) is 23.8 Å². The lowest BCUT2D eigenvalue weighted by Gasteiger charge is -2.23. The SMILES string of the molecule is COC(C)(C)CCCC(C)C[CH2][Mg][Cl]. The van der Waals surface area contributed by atoms with E-state index in [0.717, 1.165) is 12.3 Å². The molecule has 0 fully saturated rings. The molecule has 0 radical (unpaired) electrons. The van der Waals surface area contributed by atoms with Crippen molar-refractivity contribution in [3.05, 3.63) is 0 Å². The predicted molar refractivity (Wildman–Crippen MR) is 65.1 cm³/mol. The van der Waals surface area contributed by atoms with Gasteiger partial charge >= 0.3 is 19.3 Å². The molecule has 0 aromatic carbocycles. The van der Waals surface area contributed by atoms with Crippen LogP contribution < -0.4 is 0 Å². The third-order valence-electron chi connectivity index (χ3n) is 2.86. The van der Waals surface area contributed by atoms with Crippen LogP contribution in [0.4, 0.5) is 0 Å². The Kier molecular flexibility index (Phi) is 8.80. The summed E-state index contributed by atoms with van der Waals surface area (Å²) in [5.41, 5.74) is 0.0565. The molecule has 1 atom stereocenters. The fourth-order valence-corrected chi connectivity index (χ4v) is 2.86. The number of methoxy groups -OCH3 is 1. The van der Waals surface area contributed by atoms with Crippen LogP contribution in [0.5, 0.6) is 0 Å². The Morgan fingerprint density at radius 1 is 1.36 bits per heavy atom. The molecule has 0 aliphatic rings. The molecule has 14 heavy (non-hydrogen) atoms. The van der Waals surface area contributed by atoms with Gasteiger partial charge in [0.2, 0.25) is 0 Å². The molecule has 0 spiro atoms. The molecule has 0 saturated heterocycles. The Hall–Kier alpha value is 1.02. The van der Waals surface area contributed by atoms with Crippen molar-refractivity contribution >= 4 is 28.3 Å². The van der Waals surface area contributed by atoms with Crippen LogP contribution in [0.2, 0.25) is 4.55 Å². The highest BCUT2D eigenvalue weighted by molar-refractivity contribution is 6.93. The predicted octanol–water partition coefficient (Wildman–Crippen LogP) is 3.88. The van der Waals surface area contributed by atoms with Crippen molar-refractivity contribution in [3.8, 4) is 0 Å². The van der Waals surface area contributed by atoms with Gasteiger partial charge < -0.3 is 13.8 Å². The standard InChI is InChI=1S/C11H23O.ClH.Mg/c1-6-10(2)8-7-9-11(3,4)12-5;;/h10H,1,6-9H2,2-5H3;1H;/q;;+1/p-1. The Labute approximate surface area is 102 Å². The number of hydrogen-bond acceptors (Lipinski definition) is 1. The lowest BCUT2D eigenvalue weighted by atomic mass is 9.95. The molecule has 0 amide bonds. The second kappa shape index (κ2) is 8.20. The summed E-state index contributed by atoms with van der Waals surface area (Å²) >= 11 is -0.236. The van der Waals surface area contributed by atoms with Crippen LogP contribution in [0.15, 0.2) is 0 Å². The summed E-state index contributed by atoms with van der Waals surface area (Å²) in [7, 11) is 7.59. The maximum atomic E-state index is 5.79. The second-order valence-corrected chi connectivity index (χ2v) is 7.01. The lowest BCUT2D eigenvalue weighted by Crippen LogP contribution is -2.22. The molecule has 1 nitrogen and oxygen atoms in total. The highest BCUT2D eigenvalue weighted by Crippen LogP contribution is 2.21. The zero-order valence-electron chi connectivity index (χ0n) is 10.1. The first kappa shape index (κ1) is 15.0. The maximum absolute atomic E-state index is 5.79. The van der Waals surface area contributed by atoms with Gasteiger partial charge in [-0.05, 0) is 26.2 Å². The summed E-state index contributed by atoms with van der Waals surface area (Å²) < 4.78 is 6.67. The minimum atomic E-state index is -0.236. The Bertz CT molecular complexity index is 139. The van der Waals surface area contributed by atoms with E-state index in [2.05, 4.69) is 20.8 Å². The van der Waals surface area contributed by atoms with Crippen molar-refractivity contribution in [1.82, 2.24) is 0 Å². The van der Waals surface area contributed by atoms with E-state index < -0.39 is 0 Å². The van der Waals surface area contributed by atoms with Crippen molar-refractivity contribution in [2.45, 2.75) is 56.6 Å². The van der Waals surface area contributed by atoms with Crippen molar-refractivity contribution < 1.29 is 4.74 Å². The number of rotatable bonds is 8. The molecule has 0 aromatic heterocycles. The van der Waals surface area contributed by atoms with Crippen LogP contribution in [0, 0.1) is 5.92 Å². The van der Waals surface area contributed by atoms with E-state index in [4.69, 9.17) is 13.8 Å². The maximum Gasteiger partial charge on any atom is 0.501 e.